The Bertz CT molecular complexity index is 416. The Morgan fingerprint density at radius 2 is 2.33 bits per heavy atom. The molecule has 7 nitrogen and oxygen atoms in total. The van der Waals surface area contributed by atoms with Gasteiger partial charge in [-0.05, 0) is 13.3 Å². The molecule has 0 aliphatic heterocycles. The van der Waals surface area contributed by atoms with Gasteiger partial charge in [0.1, 0.15) is 11.9 Å². The van der Waals surface area contributed by atoms with Crippen LogP contribution in [0.2, 0.25) is 0 Å². The first-order chi connectivity index (χ1) is 8.54. The molecule has 2 atom stereocenters. The van der Waals surface area contributed by atoms with Gasteiger partial charge in [0.2, 0.25) is 0 Å². The van der Waals surface area contributed by atoms with Crippen molar-refractivity contribution in [3.8, 4) is 0 Å². The first kappa shape index (κ1) is 13.8. The van der Waals surface area contributed by atoms with Gasteiger partial charge in [-0.15, -0.1) is 6.58 Å². The van der Waals surface area contributed by atoms with Crippen molar-refractivity contribution < 1.29 is 14.7 Å². The molecule has 0 fully saturated rings. The summed E-state index contributed by atoms with van der Waals surface area (Å²) in [5, 5.41) is 13.8. The second-order valence-electron chi connectivity index (χ2n) is 3.73. The van der Waals surface area contributed by atoms with E-state index in [0.717, 1.165) is 0 Å². The Labute approximate surface area is 104 Å². The molecule has 0 aromatic carbocycles. The normalized spacial score (nSPS) is 13.4. The topological polar surface area (TPSA) is 107 Å². The number of H-pyrrole nitrogens is 1. The number of rotatable bonds is 6. The van der Waals surface area contributed by atoms with E-state index in [2.05, 4.69) is 27.2 Å². The summed E-state index contributed by atoms with van der Waals surface area (Å²) in [4.78, 5) is 29.3. The number of amides is 2. The second kappa shape index (κ2) is 6.43. The van der Waals surface area contributed by atoms with E-state index in [9.17, 15) is 9.59 Å². The van der Waals surface area contributed by atoms with Crippen molar-refractivity contribution in [2.75, 3.05) is 0 Å². The Morgan fingerprint density at radius 3 is 2.83 bits per heavy atom. The Kier molecular flexibility index (Phi) is 4.91. The fourth-order valence-electron chi connectivity index (χ4n) is 1.37. The molecule has 0 bridgehead atoms. The number of carboxylic acid groups (broad SMARTS) is 1. The lowest BCUT2D eigenvalue weighted by atomic mass is 10.2. The number of hydrogen-bond donors (Lipinski definition) is 4. The molecule has 0 saturated carbocycles. The van der Waals surface area contributed by atoms with Crippen LogP contribution in [0.1, 0.15) is 25.2 Å². The first-order valence-electron chi connectivity index (χ1n) is 5.44. The fraction of sp³-hybridized carbons (Fsp3) is 0.364. The van der Waals surface area contributed by atoms with Gasteiger partial charge in [-0.25, -0.2) is 14.6 Å². The van der Waals surface area contributed by atoms with Gasteiger partial charge in [0.25, 0.3) is 0 Å². The number of aromatic amines is 1. The van der Waals surface area contributed by atoms with Crippen molar-refractivity contribution >= 4 is 12.0 Å². The highest BCUT2D eigenvalue weighted by molar-refractivity contribution is 5.82. The summed E-state index contributed by atoms with van der Waals surface area (Å²) in [5.41, 5.74) is 0. The predicted octanol–water partition coefficient (Wildman–Crippen LogP) is 0.799. The number of nitrogens with one attached hydrogen (secondary N) is 3. The van der Waals surface area contributed by atoms with Crippen LogP contribution in [0.3, 0.4) is 0 Å². The van der Waals surface area contributed by atoms with Crippen molar-refractivity contribution in [2.24, 2.45) is 0 Å². The molecule has 1 aromatic heterocycles. The van der Waals surface area contributed by atoms with Crippen molar-refractivity contribution in [3.63, 3.8) is 0 Å². The van der Waals surface area contributed by atoms with Crippen molar-refractivity contribution in [1.82, 2.24) is 20.6 Å². The number of aliphatic carboxylic acids is 1. The molecule has 18 heavy (non-hydrogen) atoms. The smallest absolute Gasteiger partial charge is 0.326 e. The Hall–Kier alpha value is -2.31. The van der Waals surface area contributed by atoms with E-state index in [-0.39, 0.29) is 12.5 Å². The first-order valence-corrected chi connectivity index (χ1v) is 5.44. The fourth-order valence-corrected chi connectivity index (χ4v) is 1.37. The zero-order chi connectivity index (χ0) is 13.5. The molecule has 0 spiro atoms. The van der Waals surface area contributed by atoms with Crippen molar-refractivity contribution in [1.29, 1.82) is 0 Å². The Balaban J connectivity index is 2.50. The molecule has 2 unspecified atom stereocenters. The molecular formula is C11H16N4O3. The molecular weight excluding hydrogens is 236 g/mol. The number of aromatic nitrogens is 2. The van der Waals surface area contributed by atoms with E-state index in [4.69, 9.17) is 5.11 Å². The van der Waals surface area contributed by atoms with Gasteiger partial charge in [-0.2, -0.15) is 0 Å². The van der Waals surface area contributed by atoms with Gasteiger partial charge >= 0.3 is 12.0 Å². The summed E-state index contributed by atoms with van der Waals surface area (Å²) in [7, 11) is 0. The van der Waals surface area contributed by atoms with Crippen LogP contribution in [0.4, 0.5) is 4.79 Å². The van der Waals surface area contributed by atoms with Crippen LogP contribution in [-0.2, 0) is 4.79 Å². The molecule has 4 N–H and O–H groups in total. The van der Waals surface area contributed by atoms with E-state index in [1.54, 1.807) is 19.3 Å². The average Bonchev–Trinajstić information content (AvgIpc) is 2.81. The van der Waals surface area contributed by atoms with Crippen LogP contribution in [0.5, 0.6) is 0 Å². The van der Waals surface area contributed by atoms with Gasteiger partial charge in [-0.1, -0.05) is 6.08 Å². The maximum Gasteiger partial charge on any atom is 0.326 e. The van der Waals surface area contributed by atoms with Crippen LogP contribution >= 0.6 is 0 Å². The van der Waals surface area contributed by atoms with E-state index in [1.165, 1.54) is 6.08 Å². The highest BCUT2D eigenvalue weighted by Gasteiger charge is 2.19. The van der Waals surface area contributed by atoms with Crippen LogP contribution in [0.15, 0.2) is 25.0 Å². The highest BCUT2D eigenvalue weighted by Crippen LogP contribution is 2.04. The van der Waals surface area contributed by atoms with Gasteiger partial charge in [0.15, 0.2) is 0 Å². The summed E-state index contributed by atoms with van der Waals surface area (Å²) in [5.74, 6) is -0.503. The molecule has 1 heterocycles. The zero-order valence-electron chi connectivity index (χ0n) is 10.0. The van der Waals surface area contributed by atoms with E-state index >= 15 is 0 Å². The minimum absolute atomic E-state index is 0.165. The largest absolute Gasteiger partial charge is 0.480 e. The van der Waals surface area contributed by atoms with Gasteiger partial charge < -0.3 is 20.7 Å². The standard InChI is InChI=1S/C11H16N4O3/c1-3-4-8(10(16)17)15-11(18)14-7(2)9-12-5-6-13-9/h3,5-8H,1,4H2,2H3,(H,12,13)(H,16,17)(H2,14,15,18). The lowest BCUT2D eigenvalue weighted by molar-refractivity contribution is -0.139. The van der Waals surface area contributed by atoms with Crippen molar-refractivity contribution in [2.45, 2.75) is 25.4 Å². The number of carbonyl (C=O) groups is 2. The lowest BCUT2D eigenvalue weighted by Gasteiger charge is -2.16. The molecule has 1 rings (SSSR count). The summed E-state index contributed by atoms with van der Waals surface area (Å²) in [6.07, 6.45) is 4.82. The van der Waals surface area contributed by atoms with Crippen LogP contribution in [0, 0.1) is 0 Å². The maximum absolute atomic E-state index is 11.6. The number of urea groups is 1. The quantitative estimate of drug-likeness (QED) is 0.562. The second-order valence-corrected chi connectivity index (χ2v) is 3.73. The van der Waals surface area contributed by atoms with E-state index in [0.29, 0.717) is 5.82 Å². The summed E-state index contributed by atoms with van der Waals surface area (Å²) in [6, 6.07) is -1.88. The van der Waals surface area contributed by atoms with Gasteiger partial charge in [0, 0.05) is 12.4 Å². The average molecular weight is 252 g/mol. The molecule has 0 saturated heterocycles. The lowest BCUT2D eigenvalue weighted by Crippen LogP contribution is -2.46. The molecule has 0 radical (unpaired) electrons. The number of imidazole rings is 1. The molecule has 98 valence electrons. The molecule has 2 amide bonds. The number of carboxylic acids is 1. The zero-order valence-corrected chi connectivity index (χ0v) is 10.0. The van der Waals surface area contributed by atoms with Crippen LogP contribution in [-0.4, -0.2) is 33.1 Å². The number of carbonyl (C=O) groups excluding carboxylic acids is 1. The predicted molar refractivity (Wildman–Crippen MR) is 64.9 cm³/mol. The van der Waals surface area contributed by atoms with Gasteiger partial charge in [-0.3, -0.25) is 0 Å². The third-order valence-electron chi connectivity index (χ3n) is 2.28. The molecule has 1 aromatic rings. The summed E-state index contributed by atoms with van der Waals surface area (Å²) >= 11 is 0. The van der Waals surface area contributed by atoms with E-state index < -0.39 is 18.0 Å². The molecule has 7 heteroatoms. The van der Waals surface area contributed by atoms with Gasteiger partial charge in [0.05, 0.1) is 6.04 Å². The Morgan fingerprint density at radius 1 is 1.61 bits per heavy atom. The third kappa shape index (κ3) is 3.93. The van der Waals surface area contributed by atoms with E-state index in [1.807, 2.05) is 0 Å². The van der Waals surface area contributed by atoms with Crippen LogP contribution < -0.4 is 10.6 Å². The third-order valence-corrected chi connectivity index (χ3v) is 2.28. The maximum atomic E-state index is 11.6. The number of hydrogen-bond acceptors (Lipinski definition) is 3. The summed E-state index contributed by atoms with van der Waals surface area (Å²) < 4.78 is 0. The van der Waals surface area contributed by atoms with Crippen LogP contribution in [0.25, 0.3) is 0 Å². The molecule has 0 aliphatic rings. The summed E-state index contributed by atoms with van der Waals surface area (Å²) in [6.45, 7) is 5.18. The minimum Gasteiger partial charge on any atom is -0.480 e. The monoisotopic (exact) mass is 252 g/mol. The SMILES string of the molecule is C=CCC(NC(=O)NC(C)c1ncc[nH]1)C(=O)O. The minimum atomic E-state index is -1.10. The molecule has 0 aliphatic carbocycles. The highest BCUT2D eigenvalue weighted by atomic mass is 16.4. The number of nitrogens with zero attached hydrogens (tertiary/aromatic N) is 1. The van der Waals surface area contributed by atoms with Crippen molar-refractivity contribution in [3.05, 3.63) is 30.9 Å².